The Labute approximate surface area is 144 Å². The summed E-state index contributed by atoms with van der Waals surface area (Å²) in [5.41, 5.74) is 3.26. The number of thiophene rings is 1. The molecule has 0 fully saturated rings. The van der Waals surface area contributed by atoms with Crippen molar-refractivity contribution in [3.63, 3.8) is 0 Å². The lowest BCUT2D eigenvalue weighted by Crippen LogP contribution is -2.39. The number of amides is 1. The maximum atomic E-state index is 13.0. The van der Waals surface area contributed by atoms with Gasteiger partial charge in [0, 0.05) is 11.4 Å². The van der Waals surface area contributed by atoms with Gasteiger partial charge >= 0.3 is 0 Å². The van der Waals surface area contributed by atoms with E-state index in [0.717, 1.165) is 40.5 Å². The highest BCUT2D eigenvalue weighted by molar-refractivity contribution is 7.16. The molecule has 6 heteroatoms. The number of nitrogens with one attached hydrogen (secondary N) is 1. The molecule has 24 heavy (non-hydrogen) atoms. The standard InChI is InChI=1S/C18H18N2O3S/c21-18-16-12-3-1-2-4-15(12)24-17(16)19-9-20(18)8-11-5-6-13-14(7-11)23-10-22-13/h5-7,19H,1-4,8-10H2. The Morgan fingerprint density at radius 1 is 1.17 bits per heavy atom. The summed E-state index contributed by atoms with van der Waals surface area (Å²) in [6.45, 7) is 1.40. The fourth-order valence-electron chi connectivity index (χ4n) is 3.70. The van der Waals surface area contributed by atoms with Gasteiger partial charge in [0.1, 0.15) is 5.00 Å². The molecule has 0 bridgehead atoms. The van der Waals surface area contributed by atoms with Crippen LogP contribution in [0.5, 0.6) is 11.5 Å². The second-order valence-corrected chi connectivity index (χ2v) is 7.55. The van der Waals surface area contributed by atoms with Crippen molar-refractivity contribution in [2.24, 2.45) is 0 Å². The Bertz CT molecular complexity index is 830. The second kappa shape index (κ2) is 5.41. The third-order valence-corrected chi connectivity index (χ3v) is 6.16. The first-order valence-electron chi connectivity index (χ1n) is 8.36. The fourth-order valence-corrected chi connectivity index (χ4v) is 4.97. The van der Waals surface area contributed by atoms with Crippen LogP contribution in [0.25, 0.3) is 0 Å². The highest BCUT2D eigenvalue weighted by atomic mass is 32.1. The number of hydrogen-bond acceptors (Lipinski definition) is 5. The molecular formula is C18H18N2O3S. The van der Waals surface area contributed by atoms with Crippen LogP contribution >= 0.6 is 11.3 Å². The van der Waals surface area contributed by atoms with Crippen LogP contribution in [0.2, 0.25) is 0 Å². The first kappa shape index (κ1) is 14.2. The summed E-state index contributed by atoms with van der Waals surface area (Å²) >= 11 is 1.77. The zero-order valence-electron chi connectivity index (χ0n) is 13.3. The molecule has 5 rings (SSSR count). The van der Waals surface area contributed by atoms with E-state index in [0.29, 0.717) is 13.2 Å². The molecule has 0 saturated heterocycles. The Hall–Kier alpha value is -2.21. The first-order chi connectivity index (χ1) is 11.8. The molecule has 2 aromatic rings. The Balaban J connectivity index is 1.42. The number of carbonyl (C=O) groups excluding carboxylic acids is 1. The van der Waals surface area contributed by atoms with E-state index in [1.54, 1.807) is 11.3 Å². The molecule has 124 valence electrons. The smallest absolute Gasteiger partial charge is 0.258 e. The third kappa shape index (κ3) is 2.17. The molecule has 1 N–H and O–H groups in total. The molecule has 0 atom stereocenters. The van der Waals surface area contributed by atoms with E-state index in [4.69, 9.17) is 9.47 Å². The Morgan fingerprint density at radius 3 is 3.00 bits per heavy atom. The minimum atomic E-state index is 0.154. The van der Waals surface area contributed by atoms with Crippen LogP contribution in [0.3, 0.4) is 0 Å². The van der Waals surface area contributed by atoms with Gasteiger partial charge in [0.25, 0.3) is 5.91 Å². The average Bonchev–Trinajstić information content (AvgIpc) is 3.21. The number of anilines is 1. The molecule has 0 radical (unpaired) electrons. The molecule has 3 heterocycles. The van der Waals surface area contributed by atoms with E-state index in [-0.39, 0.29) is 12.7 Å². The predicted molar refractivity (Wildman–Crippen MR) is 91.9 cm³/mol. The number of carbonyl (C=O) groups is 1. The lowest BCUT2D eigenvalue weighted by Gasteiger charge is -2.29. The lowest BCUT2D eigenvalue weighted by molar-refractivity contribution is 0.0746. The van der Waals surface area contributed by atoms with Crippen molar-refractivity contribution < 1.29 is 14.3 Å². The number of nitrogens with zero attached hydrogens (tertiary/aromatic N) is 1. The van der Waals surface area contributed by atoms with E-state index in [2.05, 4.69) is 5.32 Å². The number of aryl methyl sites for hydroxylation is 1. The van der Waals surface area contributed by atoms with Gasteiger partial charge in [0.2, 0.25) is 6.79 Å². The summed E-state index contributed by atoms with van der Waals surface area (Å²) in [7, 11) is 0. The van der Waals surface area contributed by atoms with E-state index < -0.39 is 0 Å². The van der Waals surface area contributed by atoms with Crippen LogP contribution in [-0.4, -0.2) is 24.3 Å². The van der Waals surface area contributed by atoms with Crippen molar-refractivity contribution >= 4 is 22.2 Å². The Kier molecular flexibility index (Phi) is 3.19. The van der Waals surface area contributed by atoms with Crippen molar-refractivity contribution in [3.8, 4) is 11.5 Å². The molecule has 0 unspecified atom stereocenters. The molecular weight excluding hydrogens is 324 g/mol. The average molecular weight is 342 g/mol. The largest absolute Gasteiger partial charge is 0.454 e. The van der Waals surface area contributed by atoms with Gasteiger partial charge in [-0.2, -0.15) is 0 Å². The number of ether oxygens (including phenoxy) is 2. The van der Waals surface area contributed by atoms with Gasteiger partial charge < -0.3 is 19.7 Å². The van der Waals surface area contributed by atoms with Crippen LogP contribution in [-0.2, 0) is 19.4 Å². The summed E-state index contributed by atoms with van der Waals surface area (Å²) < 4.78 is 10.8. The van der Waals surface area contributed by atoms with Gasteiger partial charge in [-0.05, 0) is 48.9 Å². The summed E-state index contributed by atoms with van der Waals surface area (Å²) in [6, 6.07) is 5.88. The van der Waals surface area contributed by atoms with Crippen molar-refractivity contribution in [2.45, 2.75) is 32.2 Å². The molecule has 0 spiro atoms. The molecule has 0 saturated carbocycles. The second-order valence-electron chi connectivity index (χ2n) is 6.44. The van der Waals surface area contributed by atoms with Crippen LogP contribution in [0, 0.1) is 0 Å². The summed E-state index contributed by atoms with van der Waals surface area (Å²) in [5, 5.41) is 4.50. The summed E-state index contributed by atoms with van der Waals surface area (Å²) in [6.07, 6.45) is 4.57. The molecule has 1 amide bonds. The van der Waals surface area contributed by atoms with Crippen LogP contribution in [0.1, 0.15) is 39.2 Å². The van der Waals surface area contributed by atoms with Crippen molar-refractivity contribution in [1.29, 1.82) is 0 Å². The molecule has 2 aliphatic heterocycles. The van der Waals surface area contributed by atoms with E-state index in [9.17, 15) is 4.79 Å². The zero-order chi connectivity index (χ0) is 16.1. The van der Waals surface area contributed by atoms with Gasteiger partial charge in [0.15, 0.2) is 11.5 Å². The predicted octanol–water partition coefficient (Wildman–Crippen LogP) is 3.38. The summed E-state index contributed by atoms with van der Waals surface area (Å²) in [5.74, 6) is 1.69. The zero-order valence-corrected chi connectivity index (χ0v) is 14.1. The Morgan fingerprint density at radius 2 is 2.04 bits per heavy atom. The number of hydrogen-bond donors (Lipinski definition) is 1. The van der Waals surface area contributed by atoms with E-state index in [1.807, 2.05) is 23.1 Å². The monoisotopic (exact) mass is 342 g/mol. The minimum Gasteiger partial charge on any atom is -0.454 e. The summed E-state index contributed by atoms with van der Waals surface area (Å²) in [4.78, 5) is 16.3. The highest BCUT2D eigenvalue weighted by Gasteiger charge is 2.32. The van der Waals surface area contributed by atoms with Gasteiger partial charge in [0.05, 0.1) is 12.2 Å². The van der Waals surface area contributed by atoms with Crippen molar-refractivity contribution in [3.05, 3.63) is 39.8 Å². The van der Waals surface area contributed by atoms with Gasteiger partial charge in [-0.1, -0.05) is 6.07 Å². The molecule has 3 aliphatic rings. The van der Waals surface area contributed by atoms with E-state index in [1.165, 1.54) is 23.3 Å². The number of rotatable bonds is 2. The van der Waals surface area contributed by atoms with E-state index >= 15 is 0 Å². The first-order valence-corrected chi connectivity index (χ1v) is 9.17. The SMILES string of the molecule is O=C1c2c(sc3c2CCCC3)NCN1Cc1ccc2c(c1)OCO2. The third-order valence-electron chi connectivity index (χ3n) is 4.91. The highest BCUT2D eigenvalue weighted by Crippen LogP contribution is 2.41. The van der Waals surface area contributed by atoms with Gasteiger partial charge in [-0.15, -0.1) is 11.3 Å². The number of benzene rings is 1. The van der Waals surface area contributed by atoms with Crippen molar-refractivity contribution in [1.82, 2.24) is 4.90 Å². The van der Waals surface area contributed by atoms with Crippen LogP contribution < -0.4 is 14.8 Å². The molecule has 1 aromatic carbocycles. The molecule has 1 aromatic heterocycles. The van der Waals surface area contributed by atoms with Gasteiger partial charge in [-0.3, -0.25) is 4.79 Å². The quantitative estimate of drug-likeness (QED) is 0.909. The maximum Gasteiger partial charge on any atom is 0.258 e. The fraction of sp³-hybridized carbons (Fsp3) is 0.389. The topological polar surface area (TPSA) is 50.8 Å². The van der Waals surface area contributed by atoms with Gasteiger partial charge in [-0.25, -0.2) is 0 Å². The van der Waals surface area contributed by atoms with Crippen LogP contribution in [0.15, 0.2) is 18.2 Å². The van der Waals surface area contributed by atoms with Crippen LogP contribution in [0.4, 0.5) is 5.00 Å². The maximum absolute atomic E-state index is 13.0. The normalized spacial score (nSPS) is 18.2. The molecule has 5 nitrogen and oxygen atoms in total. The van der Waals surface area contributed by atoms with Crippen molar-refractivity contribution in [2.75, 3.05) is 18.8 Å². The lowest BCUT2D eigenvalue weighted by atomic mass is 9.94. The minimum absolute atomic E-state index is 0.154. The molecule has 1 aliphatic carbocycles. The number of fused-ring (bicyclic) bond motifs is 4.